The van der Waals surface area contributed by atoms with Gasteiger partial charge in [-0.25, -0.2) is 4.98 Å². The minimum atomic E-state index is -0.850. The van der Waals surface area contributed by atoms with Crippen molar-refractivity contribution in [3.05, 3.63) is 12.7 Å². The highest BCUT2D eigenvalue weighted by Crippen LogP contribution is 1.89. The van der Waals surface area contributed by atoms with E-state index in [1.165, 1.54) is 12.7 Å². The van der Waals surface area contributed by atoms with Crippen molar-refractivity contribution < 1.29 is 14.7 Å². The number of carbonyl (C=O) groups is 2. The molecule has 1 aromatic heterocycles. The summed E-state index contributed by atoms with van der Waals surface area (Å²) in [7, 11) is 0. The van der Waals surface area contributed by atoms with Crippen LogP contribution in [0.3, 0.4) is 0 Å². The second-order valence-electron chi connectivity index (χ2n) is 3.26. The van der Waals surface area contributed by atoms with Crippen LogP contribution in [0.25, 0.3) is 0 Å². The van der Waals surface area contributed by atoms with E-state index in [1.807, 2.05) is 0 Å². The van der Waals surface area contributed by atoms with E-state index < -0.39 is 5.97 Å². The molecule has 0 aromatic carbocycles. The largest absolute Gasteiger partial charge is 0.481 e. The van der Waals surface area contributed by atoms with Crippen LogP contribution in [0.4, 0.5) is 0 Å². The third kappa shape index (κ3) is 5.08. The number of aryl methyl sites for hydroxylation is 1. The monoisotopic (exact) mass is 226 g/mol. The topological polar surface area (TPSA) is 97.1 Å². The summed E-state index contributed by atoms with van der Waals surface area (Å²) in [4.78, 5) is 25.2. The maximum atomic E-state index is 11.3. The second kappa shape index (κ2) is 6.54. The van der Waals surface area contributed by atoms with Crippen molar-refractivity contribution in [2.45, 2.75) is 25.8 Å². The number of amides is 1. The van der Waals surface area contributed by atoms with Crippen LogP contribution < -0.4 is 5.32 Å². The van der Waals surface area contributed by atoms with Crippen LogP contribution in [-0.2, 0) is 16.1 Å². The van der Waals surface area contributed by atoms with E-state index in [4.69, 9.17) is 5.11 Å². The molecule has 0 aliphatic carbocycles. The standard InChI is InChI=1S/C9H14N4O3/c14-8(11-4-1-2-9(15)16)3-5-13-7-10-6-12-13/h6-7H,1-5H2,(H,11,14)(H,15,16). The van der Waals surface area contributed by atoms with Gasteiger partial charge in [0.25, 0.3) is 0 Å². The Balaban J connectivity index is 2.05. The van der Waals surface area contributed by atoms with Gasteiger partial charge in [0.15, 0.2) is 0 Å². The van der Waals surface area contributed by atoms with Gasteiger partial charge in [0.05, 0.1) is 6.54 Å². The zero-order chi connectivity index (χ0) is 11.8. The van der Waals surface area contributed by atoms with Crippen LogP contribution in [0.15, 0.2) is 12.7 Å². The van der Waals surface area contributed by atoms with Crippen molar-refractivity contribution in [2.24, 2.45) is 0 Å². The van der Waals surface area contributed by atoms with Crippen molar-refractivity contribution >= 4 is 11.9 Å². The number of carbonyl (C=O) groups excluding carboxylic acids is 1. The quantitative estimate of drug-likeness (QED) is 0.619. The van der Waals surface area contributed by atoms with E-state index in [0.717, 1.165) is 0 Å². The molecule has 1 rings (SSSR count). The molecule has 16 heavy (non-hydrogen) atoms. The maximum absolute atomic E-state index is 11.3. The number of nitrogens with zero attached hydrogens (tertiary/aromatic N) is 3. The first-order valence-electron chi connectivity index (χ1n) is 4.99. The van der Waals surface area contributed by atoms with E-state index in [1.54, 1.807) is 4.68 Å². The summed E-state index contributed by atoms with van der Waals surface area (Å²) in [5.41, 5.74) is 0. The molecule has 0 atom stereocenters. The first kappa shape index (κ1) is 12.2. The van der Waals surface area contributed by atoms with Crippen LogP contribution in [0.2, 0.25) is 0 Å². The SMILES string of the molecule is O=C(O)CCCNC(=O)CCn1cncn1. The van der Waals surface area contributed by atoms with Gasteiger partial charge in [0, 0.05) is 19.4 Å². The molecule has 7 nitrogen and oxygen atoms in total. The molecule has 0 bridgehead atoms. The van der Waals surface area contributed by atoms with Crippen molar-refractivity contribution in [2.75, 3.05) is 6.54 Å². The molecule has 0 unspecified atom stereocenters. The summed E-state index contributed by atoms with van der Waals surface area (Å²) in [6, 6.07) is 0. The number of carboxylic acids is 1. The van der Waals surface area contributed by atoms with Crippen LogP contribution in [0, 0.1) is 0 Å². The number of aliphatic carboxylic acids is 1. The predicted octanol–water partition coefficient (Wildman–Crippen LogP) is -0.351. The van der Waals surface area contributed by atoms with E-state index >= 15 is 0 Å². The summed E-state index contributed by atoms with van der Waals surface area (Å²) in [5, 5.41) is 14.9. The summed E-state index contributed by atoms with van der Waals surface area (Å²) < 4.78 is 1.57. The Morgan fingerprint density at radius 3 is 2.81 bits per heavy atom. The zero-order valence-electron chi connectivity index (χ0n) is 8.80. The first-order valence-corrected chi connectivity index (χ1v) is 4.99. The average Bonchev–Trinajstić information content (AvgIpc) is 2.74. The highest BCUT2D eigenvalue weighted by atomic mass is 16.4. The third-order valence-electron chi connectivity index (χ3n) is 1.92. The highest BCUT2D eigenvalue weighted by molar-refractivity contribution is 5.75. The van der Waals surface area contributed by atoms with E-state index in [2.05, 4.69) is 15.4 Å². The lowest BCUT2D eigenvalue weighted by Gasteiger charge is -2.03. The highest BCUT2D eigenvalue weighted by Gasteiger charge is 2.02. The Hall–Kier alpha value is -1.92. The summed E-state index contributed by atoms with van der Waals surface area (Å²) in [6.07, 6.45) is 3.78. The molecule has 88 valence electrons. The number of hydrogen-bond acceptors (Lipinski definition) is 4. The van der Waals surface area contributed by atoms with E-state index in [-0.39, 0.29) is 12.3 Å². The maximum Gasteiger partial charge on any atom is 0.303 e. The molecule has 2 N–H and O–H groups in total. The molecular formula is C9H14N4O3. The molecule has 7 heteroatoms. The van der Waals surface area contributed by atoms with Gasteiger partial charge in [0.1, 0.15) is 12.7 Å². The number of hydrogen-bond donors (Lipinski definition) is 2. The van der Waals surface area contributed by atoms with Gasteiger partial charge in [0.2, 0.25) is 5.91 Å². The molecule has 1 amide bonds. The van der Waals surface area contributed by atoms with E-state index in [0.29, 0.717) is 25.9 Å². The normalized spacial score (nSPS) is 10.0. The lowest BCUT2D eigenvalue weighted by molar-refractivity contribution is -0.137. The fraction of sp³-hybridized carbons (Fsp3) is 0.556. The molecule has 1 aromatic rings. The van der Waals surface area contributed by atoms with Gasteiger partial charge < -0.3 is 10.4 Å². The van der Waals surface area contributed by atoms with Crippen LogP contribution in [-0.4, -0.2) is 38.3 Å². The van der Waals surface area contributed by atoms with Crippen molar-refractivity contribution in [1.82, 2.24) is 20.1 Å². The Kier molecular flexibility index (Phi) is 4.97. The van der Waals surface area contributed by atoms with Gasteiger partial charge in [-0.1, -0.05) is 0 Å². The first-order chi connectivity index (χ1) is 7.68. The molecule has 0 saturated heterocycles. The predicted molar refractivity (Wildman–Crippen MR) is 54.5 cm³/mol. The molecule has 0 fully saturated rings. The van der Waals surface area contributed by atoms with E-state index in [9.17, 15) is 9.59 Å². The minimum Gasteiger partial charge on any atom is -0.481 e. The lowest BCUT2D eigenvalue weighted by atomic mass is 10.3. The van der Waals surface area contributed by atoms with Gasteiger partial charge in [-0.05, 0) is 6.42 Å². The molecule has 0 aliphatic rings. The third-order valence-corrected chi connectivity index (χ3v) is 1.92. The summed E-state index contributed by atoms with van der Waals surface area (Å²) >= 11 is 0. The Bertz CT molecular complexity index is 337. The molecular weight excluding hydrogens is 212 g/mol. The smallest absolute Gasteiger partial charge is 0.303 e. The Morgan fingerprint density at radius 2 is 2.19 bits per heavy atom. The summed E-state index contributed by atoms with van der Waals surface area (Å²) in [5.74, 6) is -0.960. The van der Waals surface area contributed by atoms with Gasteiger partial charge in [-0.15, -0.1) is 0 Å². The molecule has 0 aliphatic heterocycles. The number of nitrogens with one attached hydrogen (secondary N) is 1. The number of rotatable bonds is 7. The molecule has 1 heterocycles. The minimum absolute atomic E-state index is 0.0728. The molecule has 0 saturated carbocycles. The van der Waals surface area contributed by atoms with Gasteiger partial charge >= 0.3 is 5.97 Å². The average molecular weight is 226 g/mol. The number of aromatic nitrogens is 3. The van der Waals surface area contributed by atoms with Gasteiger partial charge in [-0.3, -0.25) is 14.3 Å². The van der Waals surface area contributed by atoms with Crippen molar-refractivity contribution in [3.8, 4) is 0 Å². The molecule has 0 radical (unpaired) electrons. The van der Waals surface area contributed by atoms with Crippen molar-refractivity contribution in [1.29, 1.82) is 0 Å². The fourth-order valence-electron chi connectivity index (χ4n) is 1.12. The van der Waals surface area contributed by atoms with Crippen LogP contribution >= 0.6 is 0 Å². The zero-order valence-corrected chi connectivity index (χ0v) is 8.80. The molecule has 0 spiro atoms. The van der Waals surface area contributed by atoms with Crippen LogP contribution in [0.1, 0.15) is 19.3 Å². The van der Waals surface area contributed by atoms with Gasteiger partial charge in [-0.2, -0.15) is 5.10 Å². The van der Waals surface area contributed by atoms with Crippen LogP contribution in [0.5, 0.6) is 0 Å². The summed E-state index contributed by atoms with van der Waals surface area (Å²) in [6.45, 7) is 0.868. The Labute approximate surface area is 92.5 Å². The Morgan fingerprint density at radius 1 is 1.38 bits per heavy atom. The number of carboxylic acid groups (broad SMARTS) is 1. The lowest BCUT2D eigenvalue weighted by Crippen LogP contribution is -2.25. The fourth-order valence-corrected chi connectivity index (χ4v) is 1.12. The second-order valence-corrected chi connectivity index (χ2v) is 3.26. The van der Waals surface area contributed by atoms with Crippen molar-refractivity contribution in [3.63, 3.8) is 0 Å².